The van der Waals surface area contributed by atoms with Crippen LogP contribution in [0.4, 0.5) is 0 Å². The number of nitrogens with zero attached hydrogens (tertiary/aromatic N) is 1. The van der Waals surface area contributed by atoms with Crippen molar-refractivity contribution in [1.82, 2.24) is 10.2 Å². The summed E-state index contributed by atoms with van der Waals surface area (Å²) in [6.45, 7) is 2.01. The molecule has 0 atom stereocenters. The van der Waals surface area contributed by atoms with Gasteiger partial charge in [-0.05, 0) is 68.5 Å². The second kappa shape index (κ2) is 6.00. The summed E-state index contributed by atoms with van der Waals surface area (Å²) in [6.07, 6.45) is 7.83. The first kappa shape index (κ1) is 14.8. The Kier molecular flexibility index (Phi) is 3.85. The molecule has 1 aliphatic carbocycles. The van der Waals surface area contributed by atoms with Crippen molar-refractivity contribution in [2.24, 2.45) is 0 Å². The third-order valence-electron chi connectivity index (χ3n) is 5.46. The maximum atomic E-state index is 12.7. The van der Waals surface area contributed by atoms with Gasteiger partial charge in [-0.2, -0.15) is 0 Å². The molecule has 2 heterocycles. The molecule has 1 aliphatic heterocycles. The van der Waals surface area contributed by atoms with E-state index in [0.29, 0.717) is 12.5 Å². The number of likely N-dealkylation sites (N-methyl/N-ethyl adjacent to an activating group) is 1. The quantitative estimate of drug-likeness (QED) is 0.948. The van der Waals surface area contributed by atoms with Gasteiger partial charge in [-0.1, -0.05) is 0 Å². The van der Waals surface area contributed by atoms with Gasteiger partial charge in [0.05, 0.1) is 12.7 Å². The molecular formula is C19H24N2O2. The number of furan rings is 1. The van der Waals surface area contributed by atoms with Gasteiger partial charge in [0.25, 0.3) is 0 Å². The fraction of sp³-hybridized carbons (Fsp3) is 0.526. The number of piperidine rings is 1. The predicted octanol–water partition coefficient (Wildman–Crippen LogP) is 2.67. The van der Waals surface area contributed by atoms with Crippen LogP contribution in [-0.4, -0.2) is 37.0 Å². The van der Waals surface area contributed by atoms with E-state index >= 15 is 0 Å². The molecule has 4 heteroatoms. The fourth-order valence-electron chi connectivity index (χ4n) is 3.97. The van der Waals surface area contributed by atoms with Crippen molar-refractivity contribution < 1.29 is 9.21 Å². The van der Waals surface area contributed by atoms with Crippen molar-refractivity contribution in [1.29, 1.82) is 0 Å². The van der Waals surface area contributed by atoms with E-state index in [0.717, 1.165) is 55.3 Å². The highest BCUT2D eigenvalue weighted by Gasteiger charge is 2.23. The normalized spacial score (nSPS) is 18.3. The summed E-state index contributed by atoms with van der Waals surface area (Å²) in [5.41, 5.74) is 4.80. The summed E-state index contributed by atoms with van der Waals surface area (Å²) in [6, 6.07) is 4.78. The van der Waals surface area contributed by atoms with Gasteiger partial charge in [0.2, 0.25) is 5.91 Å². The van der Waals surface area contributed by atoms with Gasteiger partial charge in [-0.15, -0.1) is 0 Å². The molecule has 4 nitrogen and oxygen atoms in total. The smallest absolute Gasteiger partial charge is 0.227 e. The molecule has 2 aliphatic rings. The summed E-state index contributed by atoms with van der Waals surface area (Å²) >= 11 is 0. The Bertz CT molecular complexity index is 728. The van der Waals surface area contributed by atoms with Gasteiger partial charge < -0.3 is 14.6 Å². The minimum Gasteiger partial charge on any atom is -0.464 e. The SMILES string of the molecule is CN(C(=O)Cc1coc2cc3c(cc12)CCC3)C1CCNCC1. The third-order valence-corrected chi connectivity index (χ3v) is 5.46. The number of aryl methyl sites for hydroxylation is 2. The molecule has 1 saturated heterocycles. The zero-order chi connectivity index (χ0) is 15.8. The molecular weight excluding hydrogens is 288 g/mol. The molecule has 0 radical (unpaired) electrons. The minimum atomic E-state index is 0.195. The van der Waals surface area contributed by atoms with E-state index in [9.17, 15) is 4.79 Å². The van der Waals surface area contributed by atoms with Gasteiger partial charge in [-0.25, -0.2) is 0 Å². The van der Waals surface area contributed by atoms with E-state index in [1.54, 1.807) is 6.26 Å². The van der Waals surface area contributed by atoms with E-state index in [1.165, 1.54) is 17.5 Å². The van der Waals surface area contributed by atoms with Crippen LogP contribution in [0.25, 0.3) is 11.0 Å². The van der Waals surface area contributed by atoms with E-state index in [2.05, 4.69) is 17.4 Å². The Morgan fingerprint density at radius 2 is 2.00 bits per heavy atom. The molecule has 1 aromatic heterocycles. The van der Waals surface area contributed by atoms with Crippen LogP contribution in [-0.2, 0) is 24.1 Å². The lowest BCUT2D eigenvalue weighted by atomic mass is 10.0. The first-order chi connectivity index (χ1) is 11.2. The Morgan fingerprint density at radius 3 is 2.78 bits per heavy atom. The van der Waals surface area contributed by atoms with E-state index in [4.69, 9.17) is 4.42 Å². The van der Waals surface area contributed by atoms with Crippen LogP contribution in [0, 0.1) is 0 Å². The van der Waals surface area contributed by atoms with E-state index in [1.807, 2.05) is 11.9 Å². The molecule has 1 amide bonds. The van der Waals surface area contributed by atoms with E-state index < -0.39 is 0 Å². The average Bonchev–Trinajstić information content (AvgIpc) is 3.19. The standard InChI is InChI=1S/C19H24N2O2/c1-21(16-5-7-20-8-6-16)19(22)11-15-12-23-18-10-14-4-2-3-13(14)9-17(15)18/h9-10,12,16,20H,2-8,11H2,1H3. The highest BCUT2D eigenvalue weighted by atomic mass is 16.3. The molecule has 122 valence electrons. The molecule has 23 heavy (non-hydrogen) atoms. The number of fused-ring (bicyclic) bond motifs is 2. The van der Waals surface area contributed by atoms with Crippen LogP contribution in [0.3, 0.4) is 0 Å². The Labute approximate surface area is 136 Å². The summed E-state index contributed by atoms with van der Waals surface area (Å²) < 4.78 is 5.72. The number of amides is 1. The van der Waals surface area contributed by atoms with Crippen molar-refractivity contribution in [2.75, 3.05) is 20.1 Å². The first-order valence-corrected chi connectivity index (χ1v) is 8.70. The van der Waals surface area contributed by atoms with Gasteiger partial charge in [0.15, 0.2) is 0 Å². The largest absolute Gasteiger partial charge is 0.464 e. The molecule has 0 unspecified atom stereocenters. The zero-order valence-corrected chi connectivity index (χ0v) is 13.7. The molecule has 1 aromatic carbocycles. The van der Waals surface area contributed by atoms with Gasteiger partial charge in [0, 0.05) is 24.0 Å². The van der Waals surface area contributed by atoms with Crippen LogP contribution < -0.4 is 5.32 Å². The number of rotatable bonds is 3. The number of carbonyl (C=O) groups is 1. The van der Waals surface area contributed by atoms with Crippen molar-refractivity contribution in [3.05, 3.63) is 35.1 Å². The number of hydrogen-bond donors (Lipinski definition) is 1. The topological polar surface area (TPSA) is 45.5 Å². The second-order valence-electron chi connectivity index (χ2n) is 6.89. The van der Waals surface area contributed by atoms with Crippen molar-refractivity contribution in [2.45, 2.75) is 44.6 Å². The van der Waals surface area contributed by atoms with Gasteiger partial charge in [0.1, 0.15) is 5.58 Å². The van der Waals surface area contributed by atoms with Gasteiger partial charge in [-0.3, -0.25) is 4.79 Å². The molecule has 0 saturated carbocycles. The van der Waals surface area contributed by atoms with Crippen molar-refractivity contribution in [3.8, 4) is 0 Å². The Balaban J connectivity index is 1.54. The highest BCUT2D eigenvalue weighted by molar-refractivity contribution is 5.88. The average molecular weight is 312 g/mol. The number of benzene rings is 1. The maximum Gasteiger partial charge on any atom is 0.227 e. The van der Waals surface area contributed by atoms with Gasteiger partial charge >= 0.3 is 0 Å². The summed E-state index contributed by atoms with van der Waals surface area (Å²) in [4.78, 5) is 14.6. The third kappa shape index (κ3) is 2.76. The lowest BCUT2D eigenvalue weighted by Crippen LogP contribution is -2.44. The molecule has 4 rings (SSSR count). The lowest BCUT2D eigenvalue weighted by molar-refractivity contribution is -0.131. The maximum absolute atomic E-state index is 12.7. The zero-order valence-electron chi connectivity index (χ0n) is 13.7. The van der Waals surface area contributed by atoms with E-state index in [-0.39, 0.29) is 5.91 Å². The van der Waals surface area contributed by atoms with Crippen molar-refractivity contribution in [3.63, 3.8) is 0 Å². The summed E-state index contributed by atoms with van der Waals surface area (Å²) in [7, 11) is 1.94. The first-order valence-electron chi connectivity index (χ1n) is 8.70. The predicted molar refractivity (Wildman–Crippen MR) is 90.6 cm³/mol. The monoisotopic (exact) mass is 312 g/mol. The number of nitrogens with one attached hydrogen (secondary N) is 1. The van der Waals surface area contributed by atoms with Crippen LogP contribution in [0.2, 0.25) is 0 Å². The summed E-state index contributed by atoms with van der Waals surface area (Å²) in [5.74, 6) is 0.195. The van der Waals surface area contributed by atoms with Crippen LogP contribution in [0.5, 0.6) is 0 Å². The lowest BCUT2D eigenvalue weighted by Gasteiger charge is -2.31. The molecule has 2 aromatic rings. The molecule has 1 N–H and O–H groups in total. The highest BCUT2D eigenvalue weighted by Crippen LogP contribution is 2.30. The van der Waals surface area contributed by atoms with Crippen LogP contribution >= 0.6 is 0 Å². The van der Waals surface area contributed by atoms with Crippen LogP contribution in [0.1, 0.15) is 36.0 Å². The Hall–Kier alpha value is -1.81. The van der Waals surface area contributed by atoms with Crippen molar-refractivity contribution >= 4 is 16.9 Å². The Morgan fingerprint density at radius 1 is 1.26 bits per heavy atom. The number of carbonyl (C=O) groups excluding carboxylic acids is 1. The minimum absolute atomic E-state index is 0.195. The second-order valence-corrected chi connectivity index (χ2v) is 6.89. The van der Waals surface area contributed by atoms with Crippen LogP contribution in [0.15, 0.2) is 22.8 Å². The summed E-state index contributed by atoms with van der Waals surface area (Å²) in [5, 5.41) is 4.47. The number of hydrogen-bond acceptors (Lipinski definition) is 3. The fourth-order valence-corrected chi connectivity index (χ4v) is 3.97. The molecule has 0 spiro atoms. The molecule has 0 bridgehead atoms. The molecule has 1 fully saturated rings.